The molecule has 1 N–H and O–H groups in total. The summed E-state index contributed by atoms with van der Waals surface area (Å²) >= 11 is 9.04. The number of halogens is 1. The molecule has 0 unspecified atom stereocenters. The van der Waals surface area contributed by atoms with Gasteiger partial charge in [0.25, 0.3) is 0 Å². The van der Waals surface area contributed by atoms with E-state index in [1.54, 1.807) is 11.3 Å². The number of rotatable bonds is 5. The van der Waals surface area contributed by atoms with Crippen molar-refractivity contribution in [3.8, 4) is 0 Å². The zero-order valence-electron chi connectivity index (χ0n) is 13.6. The summed E-state index contributed by atoms with van der Waals surface area (Å²) < 4.78 is 1.06. The highest BCUT2D eigenvalue weighted by molar-refractivity contribution is 7.22. The van der Waals surface area contributed by atoms with Crippen molar-refractivity contribution in [1.82, 2.24) is 9.97 Å². The van der Waals surface area contributed by atoms with Crippen LogP contribution in [0.2, 0.25) is 5.02 Å². The number of aromatic nitrogens is 2. The zero-order chi connectivity index (χ0) is 17.9. The van der Waals surface area contributed by atoms with E-state index in [0.29, 0.717) is 11.6 Å². The average molecular weight is 400 g/mol. The molecule has 2 heterocycles. The van der Waals surface area contributed by atoms with Gasteiger partial charge in [0, 0.05) is 16.8 Å². The molecule has 7 heteroatoms. The number of fused-ring (bicyclic) bond motifs is 1. The summed E-state index contributed by atoms with van der Waals surface area (Å²) in [6, 6.07) is 15.6. The Kier molecular flexibility index (Phi) is 4.97. The zero-order valence-corrected chi connectivity index (χ0v) is 16.0. The molecule has 0 saturated heterocycles. The number of para-hydroxylation sites is 1. The van der Waals surface area contributed by atoms with Crippen LogP contribution < -0.4 is 5.32 Å². The molecule has 1 amide bonds. The Labute approximate surface area is 163 Å². The molecule has 130 valence electrons. The number of hydrogen-bond donors (Lipinski definition) is 1. The Bertz CT molecular complexity index is 1040. The van der Waals surface area contributed by atoms with Crippen molar-refractivity contribution in [3.63, 3.8) is 0 Å². The van der Waals surface area contributed by atoms with Crippen LogP contribution in [-0.4, -0.2) is 15.9 Å². The van der Waals surface area contributed by atoms with Crippen molar-refractivity contribution in [2.45, 2.75) is 12.8 Å². The van der Waals surface area contributed by atoms with E-state index in [9.17, 15) is 4.79 Å². The summed E-state index contributed by atoms with van der Waals surface area (Å²) in [5.41, 5.74) is 2.77. The van der Waals surface area contributed by atoms with Crippen molar-refractivity contribution in [2.75, 3.05) is 5.32 Å². The summed E-state index contributed by atoms with van der Waals surface area (Å²) in [5.74, 6) is -0.108. The van der Waals surface area contributed by atoms with Crippen LogP contribution in [0.1, 0.15) is 16.3 Å². The third kappa shape index (κ3) is 4.09. The first-order valence-corrected chi connectivity index (χ1v) is 10.1. The van der Waals surface area contributed by atoms with Crippen LogP contribution in [0.15, 0.2) is 53.9 Å². The van der Waals surface area contributed by atoms with Gasteiger partial charge < -0.3 is 5.32 Å². The smallest absolute Gasteiger partial charge is 0.232 e. The molecule has 0 aliphatic heterocycles. The molecular weight excluding hydrogens is 386 g/mol. The first kappa shape index (κ1) is 17.1. The molecule has 0 bridgehead atoms. The lowest BCUT2D eigenvalue weighted by Crippen LogP contribution is -2.14. The van der Waals surface area contributed by atoms with Gasteiger partial charge in [-0.3, -0.25) is 4.79 Å². The van der Waals surface area contributed by atoms with Gasteiger partial charge in [-0.15, -0.1) is 11.3 Å². The number of thiazole rings is 2. The second-order valence-corrected chi connectivity index (χ2v) is 8.16. The van der Waals surface area contributed by atoms with Crippen LogP contribution >= 0.6 is 34.3 Å². The van der Waals surface area contributed by atoms with E-state index in [2.05, 4.69) is 15.3 Å². The number of hydrogen-bond acceptors (Lipinski definition) is 5. The highest BCUT2D eigenvalue weighted by atomic mass is 35.5. The Hall–Kier alpha value is -2.28. The molecule has 0 atom stereocenters. The fourth-order valence-corrected chi connectivity index (χ4v) is 4.51. The number of nitrogens with one attached hydrogen (secondary N) is 1. The molecular formula is C19H14ClN3OS2. The summed E-state index contributed by atoms with van der Waals surface area (Å²) in [6.07, 6.45) is 0.951. The minimum absolute atomic E-state index is 0.108. The molecule has 2 aromatic heterocycles. The largest absolute Gasteiger partial charge is 0.302 e. The van der Waals surface area contributed by atoms with Crippen LogP contribution in [0.3, 0.4) is 0 Å². The monoisotopic (exact) mass is 399 g/mol. The third-order valence-corrected chi connectivity index (χ3v) is 5.81. The van der Waals surface area contributed by atoms with Crippen LogP contribution in [0.25, 0.3) is 10.2 Å². The van der Waals surface area contributed by atoms with Gasteiger partial charge in [0.1, 0.15) is 0 Å². The van der Waals surface area contributed by atoms with Crippen molar-refractivity contribution >= 4 is 55.5 Å². The maximum atomic E-state index is 12.3. The standard InChI is InChI=1S/C19H14ClN3OS2/c20-13-5-3-4-12(8-13)9-18-21-14(11-25-18)10-17(24)23-19-22-15-6-1-2-7-16(15)26-19/h1-8,11H,9-10H2,(H,22,23,24). The minimum Gasteiger partial charge on any atom is -0.302 e. The first-order chi connectivity index (χ1) is 12.7. The van der Waals surface area contributed by atoms with Crippen molar-refractivity contribution < 1.29 is 4.79 Å². The number of nitrogens with zero attached hydrogens (tertiary/aromatic N) is 2. The van der Waals surface area contributed by atoms with Crippen molar-refractivity contribution in [2.24, 2.45) is 0 Å². The molecule has 4 rings (SSSR count). The third-order valence-electron chi connectivity index (χ3n) is 3.73. The SMILES string of the molecule is O=C(Cc1csc(Cc2cccc(Cl)c2)n1)Nc1nc2ccccc2s1. The topological polar surface area (TPSA) is 54.9 Å². The molecule has 4 nitrogen and oxygen atoms in total. The Balaban J connectivity index is 1.39. The second-order valence-electron chi connectivity index (χ2n) is 5.75. The molecule has 0 fully saturated rings. The van der Waals surface area contributed by atoms with Crippen LogP contribution in [-0.2, 0) is 17.6 Å². The van der Waals surface area contributed by atoms with E-state index in [4.69, 9.17) is 11.6 Å². The van der Waals surface area contributed by atoms with Gasteiger partial charge >= 0.3 is 0 Å². The highest BCUT2D eigenvalue weighted by Gasteiger charge is 2.11. The number of anilines is 1. The number of amides is 1. The summed E-state index contributed by atoms with van der Waals surface area (Å²) in [5, 5.41) is 7.09. The van der Waals surface area contributed by atoms with Crippen LogP contribution in [0.5, 0.6) is 0 Å². The van der Waals surface area contributed by atoms with Gasteiger partial charge in [-0.1, -0.05) is 47.2 Å². The minimum atomic E-state index is -0.108. The molecule has 26 heavy (non-hydrogen) atoms. The fourth-order valence-electron chi connectivity index (χ4n) is 2.59. The van der Waals surface area contributed by atoms with E-state index in [-0.39, 0.29) is 12.3 Å². The molecule has 0 aliphatic rings. The Morgan fingerprint density at radius 3 is 2.85 bits per heavy atom. The lowest BCUT2D eigenvalue weighted by atomic mass is 10.2. The van der Waals surface area contributed by atoms with Crippen molar-refractivity contribution in [1.29, 1.82) is 0 Å². The normalized spacial score (nSPS) is 11.0. The lowest BCUT2D eigenvalue weighted by Gasteiger charge is -1.99. The molecule has 2 aromatic carbocycles. The maximum Gasteiger partial charge on any atom is 0.232 e. The summed E-state index contributed by atoms with van der Waals surface area (Å²) in [7, 11) is 0. The maximum absolute atomic E-state index is 12.3. The predicted octanol–water partition coefficient (Wildman–Crippen LogP) is 5.18. The number of carbonyl (C=O) groups excluding carboxylic acids is 1. The molecule has 0 spiro atoms. The van der Waals surface area contributed by atoms with Crippen LogP contribution in [0, 0.1) is 0 Å². The van der Waals surface area contributed by atoms with Crippen molar-refractivity contribution in [3.05, 3.63) is 75.2 Å². The molecule has 4 aromatic rings. The van der Waals surface area contributed by atoms with Crippen LogP contribution in [0.4, 0.5) is 5.13 Å². The Morgan fingerprint density at radius 1 is 1.12 bits per heavy atom. The predicted molar refractivity (Wildman–Crippen MR) is 108 cm³/mol. The Morgan fingerprint density at radius 2 is 2.00 bits per heavy atom. The van der Waals surface area contributed by atoms with E-state index < -0.39 is 0 Å². The highest BCUT2D eigenvalue weighted by Crippen LogP contribution is 2.25. The van der Waals surface area contributed by atoms with Gasteiger partial charge in [0.15, 0.2) is 5.13 Å². The van der Waals surface area contributed by atoms with Gasteiger partial charge in [-0.2, -0.15) is 0 Å². The van der Waals surface area contributed by atoms with Gasteiger partial charge in [0.2, 0.25) is 5.91 Å². The number of carbonyl (C=O) groups is 1. The fraction of sp³-hybridized carbons (Fsp3) is 0.105. The second kappa shape index (κ2) is 7.53. The van der Waals surface area contributed by atoms with Gasteiger partial charge in [-0.25, -0.2) is 9.97 Å². The first-order valence-electron chi connectivity index (χ1n) is 7.99. The van der Waals surface area contributed by atoms with E-state index >= 15 is 0 Å². The quantitative estimate of drug-likeness (QED) is 0.503. The lowest BCUT2D eigenvalue weighted by molar-refractivity contribution is -0.115. The summed E-state index contributed by atoms with van der Waals surface area (Å²) in [6.45, 7) is 0. The van der Waals surface area contributed by atoms with Gasteiger partial charge in [0.05, 0.1) is 27.3 Å². The molecule has 0 radical (unpaired) electrons. The van der Waals surface area contributed by atoms with E-state index in [1.165, 1.54) is 11.3 Å². The molecule has 0 saturated carbocycles. The summed E-state index contributed by atoms with van der Waals surface area (Å²) in [4.78, 5) is 21.3. The number of benzene rings is 2. The van der Waals surface area contributed by atoms with E-state index in [1.807, 2.05) is 53.9 Å². The van der Waals surface area contributed by atoms with E-state index in [0.717, 1.165) is 31.5 Å². The average Bonchev–Trinajstić information content (AvgIpc) is 3.20. The van der Waals surface area contributed by atoms with Gasteiger partial charge in [-0.05, 0) is 29.8 Å². The molecule has 0 aliphatic carbocycles.